The molecule has 6 heteroatoms. The molecule has 1 aliphatic heterocycles. The van der Waals surface area contributed by atoms with E-state index in [1.165, 1.54) is 24.0 Å². The van der Waals surface area contributed by atoms with Crippen LogP contribution < -0.4 is 4.90 Å². The molecule has 0 saturated carbocycles. The zero-order chi connectivity index (χ0) is 14.3. The van der Waals surface area contributed by atoms with Gasteiger partial charge in [-0.2, -0.15) is 0 Å². The second kappa shape index (κ2) is 5.07. The van der Waals surface area contributed by atoms with Crippen molar-refractivity contribution in [1.29, 1.82) is 0 Å². The minimum Gasteiger partial charge on any atom is -0.465 e. The largest absolute Gasteiger partial charge is 0.465 e. The van der Waals surface area contributed by atoms with Crippen LogP contribution in [0, 0.1) is 0 Å². The highest BCUT2D eigenvalue weighted by molar-refractivity contribution is 7.18. The number of methoxy groups -OCH3 is 1. The van der Waals surface area contributed by atoms with Crippen molar-refractivity contribution in [3.63, 3.8) is 0 Å². The number of nitrogens with zero attached hydrogens (tertiary/aromatic N) is 2. The molecule has 20 heavy (non-hydrogen) atoms. The molecule has 2 heterocycles. The zero-order valence-electron chi connectivity index (χ0n) is 11.1. The summed E-state index contributed by atoms with van der Waals surface area (Å²) in [6, 6.07) is 8.50. The van der Waals surface area contributed by atoms with Gasteiger partial charge in [-0.05, 0) is 25.0 Å². The maximum absolute atomic E-state index is 11.6. The second-order valence-corrected chi connectivity index (χ2v) is 6.00. The van der Waals surface area contributed by atoms with Crippen molar-refractivity contribution in [1.82, 2.24) is 4.98 Å². The Kier molecular flexibility index (Phi) is 3.40. The topological polar surface area (TPSA) is 42.4 Å². The highest BCUT2D eigenvalue weighted by atomic mass is 35.5. The van der Waals surface area contributed by atoms with Crippen molar-refractivity contribution in [2.75, 3.05) is 12.0 Å². The number of ether oxygens (including phenoxy) is 1. The lowest BCUT2D eigenvalue weighted by molar-refractivity contribution is 0.0606. The number of aromatic nitrogens is 1. The van der Waals surface area contributed by atoms with Crippen LogP contribution in [0.15, 0.2) is 24.3 Å². The fraction of sp³-hybridized carbons (Fsp3) is 0.286. The fourth-order valence-corrected chi connectivity index (χ4v) is 3.79. The first-order valence-corrected chi connectivity index (χ1v) is 7.43. The van der Waals surface area contributed by atoms with Crippen molar-refractivity contribution in [3.8, 4) is 0 Å². The second-order valence-electron chi connectivity index (χ2n) is 4.66. The highest BCUT2D eigenvalue weighted by Gasteiger charge is 2.30. The molecular formula is C14H13ClN2O2S. The van der Waals surface area contributed by atoms with Crippen LogP contribution in [-0.2, 0) is 11.2 Å². The SMILES string of the molecule is COC(=O)c1sc(N2c3ccccc3CC2C)nc1Cl. The Morgan fingerprint density at radius 2 is 2.25 bits per heavy atom. The van der Waals surface area contributed by atoms with Crippen LogP contribution in [0.3, 0.4) is 0 Å². The van der Waals surface area contributed by atoms with Crippen molar-refractivity contribution in [3.05, 3.63) is 39.9 Å². The van der Waals surface area contributed by atoms with Crippen LogP contribution >= 0.6 is 22.9 Å². The molecule has 1 unspecified atom stereocenters. The zero-order valence-corrected chi connectivity index (χ0v) is 12.7. The Labute approximate surface area is 126 Å². The number of para-hydroxylation sites is 1. The molecule has 0 N–H and O–H groups in total. The molecule has 1 aromatic carbocycles. The first kappa shape index (κ1) is 13.4. The summed E-state index contributed by atoms with van der Waals surface area (Å²) in [4.78, 5) is 18.4. The summed E-state index contributed by atoms with van der Waals surface area (Å²) in [5.74, 6) is -0.445. The highest BCUT2D eigenvalue weighted by Crippen LogP contribution is 2.41. The molecular weight excluding hydrogens is 296 g/mol. The molecule has 1 atom stereocenters. The van der Waals surface area contributed by atoms with Crippen LogP contribution in [0.5, 0.6) is 0 Å². The summed E-state index contributed by atoms with van der Waals surface area (Å²) >= 11 is 7.31. The molecule has 3 rings (SSSR count). The van der Waals surface area contributed by atoms with E-state index < -0.39 is 5.97 Å². The lowest BCUT2D eigenvalue weighted by Gasteiger charge is -2.21. The van der Waals surface area contributed by atoms with Gasteiger partial charge in [0.15, 0.2) is 15.2 Å². The Morgan fingerprint density at radius 1 is 1.50 bits per heavy atom. The molecule has 104 valence electrons. The summed E-state index contributed by atoms with van der Waals surface area (Å²) in [5, 5.41) is 0.932. The smallest absolute Gasteiger partial charge is 0.351 e. The third-order valence-electron chi connectivity index (χ3n) is 3.36. The number of thiazole rings is 1. The van der Waals surface area contributed by atoms with E-state index in [0.29, 0.717) is 10.9 Å². The number of halogens is 1. The predicted octanol–water partition coefficient (Wildman–Crippen LogP) is 3.67. The average Bonchev–Trinajstić information content (AvgIpc) is 2.97. The van der Waals surface area contributed by atoms with Crippen molar-refractivity contribution < 1.29 is 9.53 Å². The van der Waals surface area contributed by atoms with Gasteiger partial charge in [-0.3, -0.25) is 0 Å². The molecule has 0 aliphatic carbocycles. The van der Waals surface area contributed by atoms with E-state index in [9.17, 15) is 4.79 Å². The number of fused-ring (bicyclic) bond motifs is 1. The molecule has 0 spiro atoms. The molecule has 0 amide bonds. The van der Waals surface area contributed by atoms with E-state index in [1.54, 1.807) is 0 Å². The van der Waals surface area contributed by atoms with Gasteiger partial charge in [0.05, 0.1) is 7.11 Å². The quantitative estimate of drug-likeness (QED) is 0.794. The monoisotopic (exact) mass is 308 g/mol. The Morgan fingerprint density at radius 3 is 3.00 bits per heavy atom. The Hall–Kier alpha value is -1.59. The maximum atomic E-state index is 11.6. The normalized spacial score (nSPS) is 17.1. The van der Waals surface area contributed by atoms with Crippen molar-refractivity contribution in [2.24, 2.45) is 0 Å². The molecule has 0 saturated heterocycles. The summed E-state index contributed by atoms with van der Waals surface area (Å²) in [6.07, 6.45) is 0.959. The average molecular weight is 309 g/mol. The van der Waals surface area contributed by atoms with E-state index in [1.807, 2.05) is 12.1 Å². The summed E-state index contributed by atoms with van der Waals surface area (Å²) in [7, 11) is 1.34. The van der Waals surface area contributed by atoms with Crippen LogP contribution in [-0.4, -0.2) is 24.1 Å². The predicted molar refractivity (Wildman–Crippen MR) is 80.2 cm³/mol. The van der Waals surface area contributed by atoms with Gasteiger partial charge in [0.2, 0.25) is 0 Å². The fourth-order valence-electron chi connectivity index (χ4n) is 2.47. The number of benzene rings is 1. The van der Waals surface area contributed by atoms with Gasteiger partial charge in [0.25, 0.3) is 0 Å². The van der Waals surface area contributed by atoms with Gasteiger partial charge in [0.1, 0.15) is 0 Å². The maximum Gasteiger partial charge on any atom is 0.351 e. The standard InChI is InChI=1S/C14H13ClN2O2S/c1-8-7-9-5-3-4-6-10(9)17(8)14-16-12(15)11(20-14)13(18)19-2/h3-6,8H,7H2,1-2H3. The van der Waals surface area contributed by atoms with Crippen LogP contribution in [0.4, 0.5) is 10.8 Å². The summed E-state index contributed by atoms with van der Waals surface area (Å²) in [5.41, 5.74) is 2.41. The number of anilines is 2. The minimum absolute atomic E-state index is 0.202. The van der Waals surface area contributed by atoms with Gasteiger partial charge in [-0.15, -0.1) is 0 Å². The van der Waals surface area contributed by atoms with Crippen LogP contribution in [0.25, 0.3) is 0 Å². The van der Waals surface area contributed by atoms with E-state index in [0.717, 1.165) is 17.2 Å². The number of hydrogen-bond donors (Lipinski definition) is 0. The van der Waals surface area contributed by atoms with Crippen LogP contribution in [0.1, 0.15) is 22.2 Å². The Bertz CT molecular complexity index is 671. The number of esters is 1. The third-order valence-corrected chi connectivity index (χ3v) is 4.78. The van der Waals surface area contributed by atoms with E-state index in [2.05, 4.69) is 28.9 Å². The number of carbonyl (C=O) groups is 1. The van der Waals surface area contributed by atoms with Gasteiger partial charge in [0, 0.05) is 11.7 Å². The van der Waals surface area contributed by atoms with E-state index in [-0.39, 0.29) is 5.15 Å². The molecule has 0 radical (unpaired) electrons. The number of carbonyl (C=O) groups excluding carboxylic acids is 1. The molecule has 2 aromatic rings. The van der Waals surface area contributed by atoms with E-state index >= 15 is 0 Å². The third kappa shape index (κ3) is 2.07. The van der Waals surface area contributed by atoms with Crippen molar-refractivity contribution >= 4 is 39.7 Å². The minimum atomic E-state index is -0.445. The first-order valence-electron chi connectivity index (χ1n) is 6.23. The van der Waals surface area contributed by atoms with Crippen LogP contribution in [0.2, 0.25) is 5.15 Å². The molecule has 1 aliphatic rings. The van der Waals surface area contributed by atoms with E-state index in [4.69, 9.17) is 16.3 Å². The van der Waals surface area contributed by atoms with Gasteiger partial charge < -0.3 is 9.64 Å². The molecule has 1 aromatic heterocycles. The Balaban J connectivity index is 2.04. The summed E-state index contributed by atoms with van der Waals surface area (Å²) in [6.45, 7) is 2.13. The lowest BCUT2D eigenvalue weighted by Crippen LogP contribution is -2.23. The summed E-state index contributed by atoms with van der Waals surface area (Å²) < 4.78 is 4.72. The van der Waals surface area contributed by atoms with Gasteiger partial charge >= 0.3 is 5.97 Å². The van der Waals surface area contributed by atoms with Gasteiger partial charge in [-0.25, -0.2) is 9.78 Å². The molecule has 0 fully saturated rings. The number of hydrogen-bond acceptors (Lipinski definition) is 5. The first-order chi connectivity index (χ1) is 9.61. The molecule has 0 bridgehead atoms. The lowest BCUT2D eigenvalue weighted by atomic mass is 10.1. The van der Waals surface area contributed by atoms with Crippen molar-refractivity contribution in [2.45, 2.75) is 19.4 Å². The molecule has 4 nitrogen and oxygen atoms in total. The van der Waals surface area contributed by atoms with Gasteiger partial charge in [-0.1, -0.05) is 41.1 Å². The number of rotatable bonds is 2.